The van der Waals surface area contributed by atoms with E-state index in [1.54, 1.807) is 29.2 Å². The SMILES string of the molecule is CCOc1ccccc1/C=C/C(=O)OCC(=O)N1CCN(c2cccc(C(F)(F)F)c2)CC1. The van der Waals surface area contributed by atoms with E-state index < -0.39 is 24.3 Å². The Morgan fingerprint density at radius 2 is 1.76 bits per heavy atom. The van der Waals surface area contributed by atoms with Crippen molar-refractivity contribution in [2.24, 2.45) is 0 Å². The molecule has 0 aliphatic carbocycles. The quantitative estimate of drug-likeness (QED) is 0.460. The highest BCUT2D eigenvalue weighted by molar-refractivity contribution is 5.89. The first kappa shape index (κ1) is 24.2. The Morgan fingerprint density at radius 1 is 1.03 bits per heavy atom. The van der Waals surface area contributed by atoms with Gasteiger partial charge in [-0.05, 0) is 37.3 Å². The average Bonchev–Trinajstić information content (AvgIpc) is 2.82. The van der Waals surface area contributed by atoms with Crippen LogP contribution in [0.1, 0.15) is 18.1 Å². The number of halogens is 3. The first-order chi connectivity index (χ1) is 15.8. The van der Waals surface area contributed by atoms with Crippen molar-refractivity contribution in [3.8, 4) is 5.75 Å². The number of amides is 1. The van der Waals surface area contributed by atoms with E-state index in [0.29, 0.717) is 49.8 Å². The normalized spacial score (nSPS) is 14.4. The molecule has 2 aromatic carbocycles. The third kappa shape index (κ3) is 6.74. The smallest absolute Gasteiger partial charge is 0.416 e. The van der Waals surface area contributed by atoms with Gasteiger partial charge in [-0.25, -0.2) is 4.79 Å². The zero-order valence-electron chi connectivity index (χ0n) is 18.2. The second kappa shape index (κ2) is 10.9. The van der Waals surface area contributed by atoms with Crippen LogP contribution in [0.5, 0.6) is 5.75 Å². The molecule has 0 unspecified atom stereocenters. The van der Waals surface area contributed by atoms with Crippen LogP contribution in [0.25, 0.3) is 6.08 Å². The number of carbonyl (C=O) groups is 2. The molecular weight excluding hydrogens is 437 g/mol. The number of anilines is 1. The van der Waals surface area contributed by atoms with Gasteiger partial charge in [0, 0.05) is 43.5 Å². The number of nitrogens with zero attached hydrogens (tertiary/aromatic N) is 2. The van der Waals surface area contributed by atoms with Crippen molar-refractivity contribution in [3.05, 3.63) is 65.7 Å². The molecule has 0 radical (unpaired) electrons. The lowest BCUT2D eigenvalue weighted by molar-refractivity contribution is -0.148. The topological polar surface area (TPSA) is 59.1 Å². The van der Waals surface area contributed by atoms with E-state index in [2.05, 4.69) is 0 Å². The standard InChI is InChI=1S/C24H25F3N2O4/c1-2-32-21-9-4-3-6-18(21)10-11-23(31)33-17-22(30)29-14-12-28(13-15-29)20-8-5-7-19(16-20)24(25,26)27/h3-11,16H,2,12-15,17H2,1H3/b11-10+. The zero-order chi connectivity index (χ0) is 23.8. The van der Waals surface area contributed by atoms with Gasteiger partial charge >= 0.3 is 12.1 Å². The highest BCUT2D eigenvalue weighted by Crippen LogP contribution is 2.31. The molecule has 3 rings (SSSR count). The first-order valence-corrected chi connectivity index (χ1v) is 10.5. The number of carbonyl (C=O) groups excluding carboxylic acids is 2. The number of piperazine rings is 1. The molecular formula is C24H25F3N2O4. The van der Waals surface area contributed by atoms with Gasteiger partial charge in [0.05, 0.1) is 12.2 Å². The highest BCUT2D eigenvalue weighted by Gasteiger charge is 2.31. The minimum Gasteiger partial charge on any atom is -0.493 e. The van der Waals surface area contributed by atoms with Gasteiger partial charge in [0.1, 0.15) is 5.75 Å². The Hall–Kier alpha value is -3.49. The molecule has 176 valence electrons. The molecule has 1 fully saturated rings. The summed E-state index contributed by atoms with van der Waals surface area (Å²) in [5, 5.41) is 0. The van der Waals surface area contributed by atoms with Crippen LogP contribution < -0.4 is 9.64 Å². The summed E-state index contributed by atoms with van der Waals surface area (Å²) in [6.07, 6.45) is -1.61. The molecule has 1 aliphatic heterocycles. The van der Waals surface area contributed by atoms with Gasteiger partial charge in [-0.2, -0.15) is 13.2 Å². The fourth-order valence-electron chi connectivity index (χ4n) is 3.43. The van der Waals surface area contributed by atoms with Crippen LogP contribution in [0.15, 0.2) is 54.6 Å². The van der Waals surface area contributed by atoms with Crippen molar-refractivity contribution in [1.29, 1.82) is 0 Å². The van der Waals surface area contributed by atoms with Gasteiger partial charge in [-0.1, -0.05) is 24.3 Å². The molecule has 0 bridgehead atoms. The number of hydrogen-bond donors (Lipinski definition) is 0. The fourth-order valence-corrected chi connectivity index (χ4v) is 3.43. The zero-order valence-corrected chi connectivity index (χ0v) is 18.2. The van der Waals surface area contributed by atoms with E-state index in [9.17, 15) is 22.8 Å². The van der Waals surface area contributed by atoms with Crippen LogP contribution in [0, 0.1) is 0 Å². The molecule has 1 aliphatic rings. The second-order valence-corrected chi connectivity index (χ2v) is 7.33. The summed E-state index contributed by atoms with van der Waals surface area (Å²) in [6.45, 7) is 3.36. The Labute approximate surface area is 190 Å². The summed E-state index contributed by atoms with van der Waals surface area (Å²) >= 11 is 0. The lowest BCUT2D eigenvalue weighted by Gasteiger charge is -2.36. The van der Waals surface area contributed by atoms with Crippen molar-refractivity contribution in [2.75, 3.05) is 44.3 Å². The van der Waals surface area contributed by atoms with Crippen molar-refractivity contribution in [2.45, 2.75) is 13.1 Å². The third-order valence-electron chi connectivity index (χ3n) is 5.13. The minimum absolute atomic E-state index is 0.324. The number of alkyl halides is 3. The molecule has 2 aromatic rings. The molecule has 0 spiro atoms. The number of para-hydroxylation sites is 1. The van der Waals surface area contributed by atoms with Crippen LogP contribution >= 0.6 is 0 Å². The van der Waals surface area contributed by atoms with E-state index in [0.717, 1.165) is 12.1 Å². The summed E-state index contributed by atoms with van der Waals surface area (Å²) < 4.78 is 49.3. The Morgan fingerprint density at radius 3 is 2.45 bits per heavy atom. The van der Waals surface area contributed by atoms with Crippen molar-refractivity contribution in [1.82, 2.24) is 4.90 Å². The van der Waals surface area contributed by atoms with Crippen LogP contribution in [-0.2, 0) is 20.5 Å². The number of benzene rings is 2. The van der Waals surface area contributed by atoms with E-state index >= 15 is 0 Å². The maximum Gasteiger partial charge on any atom is 0.416 e. The van der Waals surface area contributed by atoms with Gasteiger partial charge in [-0.15, -0.1) is 0 Å². The van der Waals surface area contributed by atoms with Gasteiger partial charge in [0.2, 0.25) is 0 Å². The molecule has 9 heteroatoms. The van der Waals surface area contributed by atoms with Crippen LogP contribution in [0.3, 0.4) is 0 Å². The van der Waals surface area contributed by atoms with Crippen molar-refractivity contribution >= 4 is 23.6 Å². The molecule has 33 heavy (non-hydrogen) atoms. The molecule has 0 atom stereocenters. The number of hydrogen-bond acceptors (Lipinski definition) is 5. The van der Waals surface area contributed by atoms with Crippen LogP contribution in [-0.4, -0.2) is 56.2 Å². The summed E-state index contributed by atoms with van der Waals surface area (Å²) in [6, 6.07) is 12.3. The largest absolute Gasteiger partial charge is 0.493 e. The Kier molecular flexibility index (Phi) is 7.97. The molecule has 0 N–H and O–H groups in total. The maximum absolute atomic E-state index is 12.9. The monoisotopic (exact) mass is 462 g/mol. The van der Waals surface area contributed by atoms with Gasteiger partial charge in [0.25, 0.3) is 5.91 Å². The number of rotatable bonds is 7. The van der Waals surface area contributed by atoms with Crippen LogP contribution in [0.4, 0.5) is 18.9 Å². The predicted octanol–water partition coefficient (Wildman–Crippen LogP) is 4.01. The van der Waals surface area contributed by atoms with E-state index in [1.165, 1.54) is 17.0 Å². The van der Waals surface area contributed by atoms with Crippen LogP contribution in [0.2, 0.25) is 0 Å². The summed E-state index contributed by atoms with van der Waals surface area (Å²) in [7, 11) is 0. The molecule has 1 saturated heterocycles. The lowest BCUT2D eigenvalue weighted by atomic mass is 10.1. The average molecular weight is 462 g/mol. The van der Waals surface area contributed by atoms with Gasteiger partial charge in [0.15, 0.2) is 6.61 Å². The number of esters is 1. The van der Waals surface area contributed by atoms with E-state index in [-0.39, 0.29) is 5.91 Å². The lowest BCUT2D eigenvalue weighted by Crippen LogP contribution is -2.49. The first-order valence-electron chi connectivity index (χ1n) is 10.5. The van der Waals surface area contributed by atoms with Crippen molar-refractivity contribution in [3.63, 3.8) is 0 Å². The van der Waals surface area contributed by atoms with Gasteiger partial charge in [-0.3, -0.25) is 4.79 Å². The highest BCUT2D eigenvalue weighted by atomic mass is 19.4. The fraction of sp³-hybridized carbons (Fsp3) is 0.333. The summed E-state index contributed by atoms with van der Waals surface area (Å²) in [5.74, 6) is -0.369. The molecule has 0 aromatic heterocycles. The van der Waals surface area contributed by atoms with Crippen molar-refractivity contribution < 1.29 is 32.2 Å². The third-order valence-corrected chi connectivity index (χ3v) is 5.13. The Bertz CT molecular complexity index is 999. The molecule has 1 amide bonds. The minimum atomic E-state index is -4.41. The summed E-state index contributed by atoms with van der Waals surface area (Å²) in [5.41, 5.74) is 0.469. The maximum atomic E-state index is 12.9. The molecule has 0 saturated carbocycles. The molecule has 6 nitrogen and oxygen atoms in total. The van der Waals surface area contributed by atoms with E-state index in [4.69, 9.17) is 9.47 Å². The summed E-state index contributed by atoms with van der Waals surface area (Å²) in [4.78, 5) is 27.7. The van der Waals surface area contributed by atoms with Gasteiger partial charge < -0.3 is 19.3 Å². The number of ether oxygens (including phenoxy) is 2. The second-order valence-electron chi connectivity index (χ2n) is 7.33. The Balaban J connectivity index is 1.47. The molecule has 1 heterocycles. The predicted molar refractivity (Wildman–Crippen MR) is 118 cm³/mol. The van der Waals surface area contributed by atoms with E-state index in [1.807, 2.05) is 19.1 Å².